The van der Waals surface area contributed by atoms with E-state index in [2.05, 4.69) is 26.8 Å². The topological polar surface area (TPSA) is 60.7 Å². The van der Waals surface area contributed by atoms with Gasteiger partial charge in [-0.3, -0.25) is 0 Å². The van der Waals surface area contributed by atoms with E-state index < -0.39 is 17.8 Å². The molecule has 142 valence electrons. The van der Waals surface area contributed by atoms with E-state index in [1.165, 1.54) is 19.3 Å². The highest BCUT2D eigenvalue weighted by Crippen LogP contribution is 2.68. The Kier molecular flexibility index (Phi) is 4.18. The summed E-state index contributed by atoms with van der Waals surface area (Å²) in [4.78, 5) is 0. The summed E-state index contributed by atoms with van der Waals surface area (Å²) in [5, 5.41) is 32.6. The first-order chi connectivity index (χ1) is 11.8. The normalized spacial score (nSPS) is 57.0. The average molecular weight is 349 g/mol. The van der Waals surface area contributed by atoms with Gasteiger partial charge in [0, 0.05) is 11.8 Å². The van der Waals surface area contributed by atoms with Crippen molar-refractivity contribution in [1.29, 1.82) is 0 Å². The Morgan fingerprint density at radius 2 is 1.84 bits per heavy atom. The molecule has 4 saturated carbocycles. The fourth-order valence-electron chi connectivity index (χ4n) is 7.69. The number of rotatable bonds is 1. The van der Waals surface area contributed by atoms with Crippen LogP contribution in [0.1, 0.15) is 78.6 Å². The molecule has 3 heteroatoms. The maximum Gasteiger partial charge on any atom is 0.0985 e. The smallest absolute Gasteiger partial charge is 0.0985 e. The number of fused-ring (bicyclic) bond motifs is 5. The van der Waals surface area contributed by atoms with Gasteiger partial charge in [-0.25, -0.2) is 0 Å². The molecule has 0 heterocycles. The van der Waals surface area contributed by atoms with Crippen molar-refractivity contribution in [2.75, 3.05) is 0 Å². The minimum atomic E-state index is -1.11. The number of aliphatic hydroxyl groups is 3. The molecule has 8 atom stereocenters. The van der Waals surface area contributed by atoms with Crippen molar-refractivity contribution in [3.63, 3.8) is 0 Å². The maximum atomic E-state index is 11.4. The number of allylic oxidation sites excluding steroid dienone is 2. The molecule has 4 fully saturated rings. The van der Waals surface area contributed by atoms with Gasteiger partial charge in [-0.15, -0.1) is 0 Å². The molecule has 4 aliphatic rings. The molecule has 4 rings (SSSR count). The fraction of sp³-hybridized carbons (Fsp3) is 0.909. The largest absolute Gasteiger partial charge is 0.393 e. The maximum absolute atomic E-state index is 11.4. The van der Waals surface area contributed by atoms with Crippen LogP contribution in [0.15, 0.2) is 11.6 Å². The second-order valence-electron chi connectivity index (χ2n) is 10.00. The molecule has 0 amide bonds. The Balaban J connectivity index is 1.70. The van der Waals surface area contributed by atoms with Crippen LogP contribution in [0.4, 0.5) is 0 Å². The van der Waals surface area contributed by atoms with Crippen LogP contribution in [0.25, 0.3) is 0 Å². The van der Waals surface area contributed by atoms with Crippen LogP contribution < -0.4 is 0 Å². The summed E-state index contributed by atoms with van der Waals surface area (Å²) >= 11 is 0. The molecule has 0 spiro atoms. The molecule has 0 saturated heterocycles. The van der Waals surface area contributed by atoms with Crippen LogP contribution in [0.5, 0.6) is 0 Å². The molecule has 25 heavy (non-hydrogen) atoms. The van der Waals surface area contributed by atoms with Crippen LogP contribution in [-0.2, 0) is 0 Å². The van der Waals surface area contributed by atoms with Crippen LogP contribution in [-0.4, -0.2) is 33.1 Å². The van der Waals surface area contributed by atoms with Crippen molar-refractivity contribution >= 4 is 0 Å². The summed E-state index contributed by atoms with van der Waals surface area (Å²) in [6.45, 7) is 6.90. The molecular weight excluding hydrogens is 312 g/mol. The lowest BCUT2D eigenvalue weighted by molar-refractivity contribution is -0.262. The summed E-state index contributed by atoms with van der Waals surface area (Å²) in [5.74, 6) is 1.64. The van der Waals surface area contributed by atoms with E-state index in [1.807, 2.05) is 0 Å². The zero-order valence-corrected chi connectivity index (χ0v) is 16.2. The van der Waals surface area contributed by atoms with Crippen molar-refractivity contribution in [3.8, 4) is 0 Å². The van der Waals surface area contributed by atoms with Crippen molar-refractivity contribution in [2.45, 2.75) is 96.4 Å². The second-order valence-corrected chi connectivity index (χ2v) is 10.00. The van der Waals surface area contributed by atoms with E-state index in [1.54, 1.807) is 5.57 Å². The molecule has 0 radical (unpaired) electrons. The third-order valence-electron chi connectivity index (χ3n) is 9.13. The molecule has 0 bridgehead atoms. The highest BCUT2D eigenvalue weighted by atomic mass is 16.3. The molecule has 0 unspecified atom stereocenters. The summed E-state index contributed by atoms with van der Waals surface area (Å²) in [6, 6.07) is 0. The highest BCUT2D eigenvalue weighted by molar-refractivity contribution is 5.25. The molecule has 0 aliphatic heterocycles. The molecule has 4 aliphatic carbocycles. The van der Waals surface area contributed by atoms with Crippen molar-refractivity contribution in [3.05, 3.63) is 11.6 Å². The predicted octanol–water partition coefficient (Wildman–Crippen LogP) is 3.81. The molecule has 3 N–H and O–H groups in total. The lowest BCUT2D eigenvalue weighted by Crippen LogP contribution is -2.68. The van der Waals surface area contributed by atoms with Gasteiger partial charge in [0.25, 0.3) is 0 Å². The van der Waals surface area contributed by atoms with Gasteiger partial charge in [-0.1, -0.05) is 32.4 Å². The van der Waals surface area contributed by atoms with Gasteiger partial charge in [0.1, 0.15) is 0 Å². The SMILES string of the molecule is CCC=C1CC[C@H]2[C@@H]3C[C@@H](O)[C@@]4(O)C[C@@H](O)CC[C@]4(C)[C@H]3CC[C@]12C. The Morgan fingerprint density at radius 3 is 2.56 bits per heavy atom. The Morgan fingerprint density at radius 1 is 1.08 bits per heavy atom. The van der Waals surface area contributed by atoms with Crippen LogP contribution >= 0.6 is 0 Å². The van der Waals surface area contributed by atoms with Crippen LogP contribution in [0.3, 0.4) is 0 Å². The van der Waals surface area contributed by atoms with E-state index in [0.29, 0.717) is 36.0 Å². The van der Waals surface area contributed by atoms with Gasteiger partial charge in [0.15, 0.2) is 0 Å². The van der Waals surface area contributed by atoms with Gasteiger partial charge < -0.3 is 15.3 Å². The van der Waals surface area contributed by atoms with Crippen molar-refractivity contribution in [2.24, 2.45) is 28.6 Å². The first-order valence-electron chi connectivity index (χ1n) is 10.5. The third kappa shape index (κ3) is 2.28. The zero-order chi connectivity index (χ0) is 18.0. The summed E-state index contributed by atoms with van der Waals surface area (Å²) in [6.07, 6.45) is 9.88. The van der Waals surface area contributed by atoms with Gasteiger partial charge in [0.05, 0.1) is 17.8 Å². The first kappa shape index (κ1) is 18.0. The van der Waals surface area contributed by atoms with Gasteiger partial charge in [-0.05, 0) is 74.5 Å². The number of hydrogen-bond donors (Lipinski definition) is 3. The number of hydrogen-bond acceptors (Lipinski definition) is 3. The van der Waals surface area contributed by atoms with Crippen LogP contribution in [0, 0.1) is 28.6 Å². The first-order valence-corrected chi connectivity index (χ1v) is 10.5. The van der Waals surface area contributed by atoms with E-state index >= 15 is 0 Å². The van der Waals surface area contributed by atoms with E-state index in [-0.39, 0.29) is 5.41 Å². The summed E-state index contributed by atoms with van der Waals surface area (Å²) in [7, 11) is 0. The molecule has 0 aromatic rings. The molecule has 0 aromatic carbocycles. The molecule has 3 nitrogen and oxygen atoms in total. The lowest BCUT2D eigenvalue weighted by atomic mass is 9.43. The average Bonchev–Trinajstić information content (AvgIpc) is 2.88. The third-order valence-corrected chi connectivity index (χ3v) is 9.13. The fourth-order valence-corrected chi connectivity index (χ4v) is 7.69. The zero-order valence-electron chi connectivity index (χ0n) is 16.2. The van der Waals surface area contributed by atoms with Gasteiger partial charge in [-0.2, -0.15) is 0 Å². The molecule has 0 aromatic heterocycles. The quantitative estimate of drug-likeness (QED) is 0.632. The van der Waals surface area contributed by atoms with Gasteiger partial charge in [0.2, 0.25) is 0 Å². The van der Waals surface area contributed by atoms with E-state index in [9.17, 15) is 15.3 Å². The lowest BCUT2D eigenvalue weighted by Gasteiger charge is -2.65. The van der Waals surface area contributed by atoms with Gasteiger partial charge >= 0.3 is 0 Å². The second kappa shape index (κ2) is 5.81. The van der Waals surface area contributed by atoms with Crippen molar-refractivity contribution in [1.82, 2.24) is 0 Å². The summed E-state index contributed by atoms with van der Waals surface area (Å²) in [5.41, 5.74) is 0.586. The minimum absolute atomic E-state index is 0.257. The Hall–Kier alpha value is -0.380. The van der Waals surface area contributed by atoms with E-state index in [4.69, 9.17) is 0 Å². The highest BCUT2D eigenvalue weighted by Gasteiger charge is 2.66. The predicted molar refractivity (Wildman–Crippen MR) is 99.0 cm³/mol. The monoisotopic (exact) mass is 348 g/mol. The Labute approximate surface area is 152 Å². The number of aliphatic hydroxyl groups excluding tert-OH is 2. The van der Waals surface area contributed by atoms with Crippen molar-refractivity contribution < 1.29 is 15.3 Å². The summed E-state index contributed by atoms with van der Waals surface area (Å²) < 4.78 is 0. The van der Waals surface area contributed by atoms with Crippen LogP contribution in [0.2, 0.25) is 0 Å². The Bertz CT molecular complexity index is 572. The standard InChI is InChI=1S/C22H36O3/c1-4-5-14-6-7-17-16-12-19(24)22(25)13-15(23)8-11-21(22,3)18(16)9-10-20(14,17)2/h5,15-19,23-25H,4,6-13H2,1-3H3/t15-,16-,17-,18-,19+,20+,21+,22-/m0/s1. The van der Waals surface area contributed by atoms with E-state index in [0.717, 1.165) is 25.7 Å². The molecular formula is C22H36O3. The minimum Gasteiger partial charge on any atom is -0.393 e.